The van der Waals surface area contributed by atoms with Gasteiger partial charge >= 0.3 is 5.97 Å². The summed E-state index contributed by atoms with van der Waals surface area (Å²) < 4.78 is 11.1. The standard InChI is InChI=1S/C13H19N2O6P/c1-22(20,21)9-14-8-12(16)15(19)11(7-13(17)18)10-5-3-2-4-6-10/h2-6,11,14,19H,7-9H2,1H3,(H,17,18)(H,20,21). The number of carboxylic acid groups (broad SMARTS) is 1. The van der Waals surface area contributed by atoms with Gasteiger partial charge in [-0.1, -0.05) is 30.3 Å². The Balaban J connectivity index is 2.75. The highest BCUT2D eigenvalue weighted by atomic mass is 31.2. The molecule has 4 N–H and O–H groups in total. The third kappa shape index (κ3) is 6.36. The summed E-state index contributed by atoms with van der Waals surface area (Å²) in [5, 5.41) is 21.7. The van der Waals surface area contributed by atoms with Gasteiger partial charge in [0, 0.05) is 6.66 Å². The smallest absolute Gasteiger partial charge is 0.305 e. The molecule has 9 heteroatoms. The second-order valence-corrected chi connectivity index (χ2v) is 7.32. The van der Waals surface area contributed by atoms with E-state index in [2.05, 4.69) is 5.32 Å². The van der Waals surface area contributed by atoms with E-state index in [9.17, 15) is 19.4 Å². The SMILES string of the molecule is CP(=O)(O)CNCC(=O)N(O)C(CC(=O)O)c1ccccc1. The second kappa shape index (κ2) is 8.05. The number of rotatable bonds is 8. The predicted molar refractivity (Wildman–Crippen MR) is 78.7 cm³/mol. The molecule has 0 aliphatic rings. The Morgan fingerprint density at radius 2 is 1.91 bits per heavy atom. The number of benzene rings is 1. The van der Waals surface area contributed by atoms with Crippen LogP contribution < -0.4 is 5.32 Å². The summed E-state index contributed by atoms with van der Waals surface area (Å²) in [7, 11) is -3.31. The normalized spacial score (nSPS) is 14.9. The fourth-order valence-electron chi connectivity index (χ4n) is 1.81. The van der Waals surface area contributed by atoms with Crippen molar-refractivity contribution >= 4 is 19.2 Å². The number of amides is 1. The molecule has 0 aromatic heterocycles. The lowest BCUT2D eigenvalue weighted by Gasteiger charge is -2.25. The second-order valence-electron chi connectivity index (χ2n) is 4.90. The summed E-state index contributed by atoms with van der Waals surface area (Å²) in [6, 6.07) is 7.24. The van der Waals surface area contributed by atoms with Gasteiger partial charge < -0.3 is 10.00 Å². The molecule has 2 atom stereocenters. The van der Waals surface area contributed by atoms with E-state index in [-0.39, 0.29) is 12.8 Å². The summed E-state index contributed by atoms with van der Waals surface area (Å²) in [6.07, 6.45) is -0.736. The molecule has 2 unspecified atom stereocenters. The van der Waals surface area contributed by atoms with E-state index in [1.807, 2.05) is 0 Å². The molecular weight excluding hydrogens is 311 g/mol. The lowest BCUT2D eigenvalue weighted by atomic mass is 10.0. The Kier molecular flexibility index (Phi) is 6.70. The van der Waals surface area contributed by atoms with Crippen molar-refractivity contribution < 1.29 is 29.4 Å². The van der Waals surface area contributed by atoms with Gasteiger partial charge in [0.1, 0.15) is 0 Å². The molecule has 0 aliphatic heterocycles. The molecule has 122 valence electrons. The molecule has 8 nitrogen and oxygen atoms in total. The van der Waals surface area contributed by atoms with Crippen LogP contribution in [0.3, 0.4) is 0 Å². The van der Waals surface area contributed by atoms with Crippen molar-refractivity contribution in [3.05, 3.63) is 35.9 Å². The Hall–Kier alpha value is -1.73. The number of carboxylic acids is 1. The summed E-state index contributed by atoms with van der Waals surface area (Å²) in [5.74, 6) is -1.95. The topological polar surface area (TPSA) is 127 Å². The molecule has 0 heterocycles. The quantitative estimate of drug-likeness (QED) is 0.316. The molecule has 1 rings (SSSR count). The van der Waals surface area contributed by atoms with Gasteiger partial charge in [-0.2, -0.15) is 0 Å². The summed E-state index contributed by atoms with van der Waals surface area (Å²) in [6.45, 7) is 0.760. The van der Waals surface area contributed by atoms with Gasteiger partial charge in [0.05, 0.1) is 25.3 Å². The van der Waals surface area contributed by atoms with Gasteiger partial charge in [0.2, 0.25) is 7.37 Å². The average molecular weight is 330 g/mol. The zero-order chi connectivity index (χ0) is 16.8. The molecular formula is C13H19N2O6P. The van der Waals surface area contributed by atoms with Gasteiger partial charge in [0.15, 0.2) is 0 Å². The van der Waals surface area contributed by atoms with Crippen molar-refractivity contribution in [3.63, 3.8) is 0 Å². The lowest BCUT2D eigenvalue weighted by molar-refractivity contribution is -0.178. The van der Waals surface area contributed by atoms with Crippen molar-refractivity contribution in [2.24, 2.45) is 0 Å². The van der Waals surface area contributed by atoms with E-state index in [4.69, 9.17) is 10.00 Å². The van der Waals surface area contributed by atoms with E-state index in [1.165, 1.54) is 0 Å². The van der Waals surface area contributed by atoms with Gasteiger partial charge in [0.25, 0.3) is 5.91 Å². The Morgan fingerprint density at radius 3 is 2.41 bits per heavy atom. The number of hydroxylamine groups is 2. The average Bonchev–Trinajstić information content (AvgIpc) is 2.43. The first-order valence-electron chi connectivity index (χ1n) is 6.48. The first kappa shape index (κ1) is 18.3. The van der Waals surface area contributed by atoms with E-state index in [1.54, 1.807) is 30.3 Å². The third-order valence-corrected chi connectivity index (χ3v) is 3.59. The molecule has 0 saturated heterocycles. The van der Waals surface area contributed by atoms with Gasteiger partial charge in [-0.15, -0.1) is 0 Å². The van der Waals surface area contributed by atoms with Crippen LogP contribution in [0.4, 0.5) is 0 Å². The van der Waals surface area contributed by atoms with Crippen LogP contribution in [0, 0.1) is 0 Å². The van der Waals surface area contributed by atoms with Gasteiger partial charge in [-0.3, -0.25) is 24.7 Å². The minimum atomic E-state index is -3.31. The fraction of sp³-hybridized carbons (Fsp3) is 0.385. The number of carbonyl (C=O) groups excluding carboxylic acids is 1. The minimum absolute atomic E-state index is 0.276. The molecule has 0 saturated carbocycles. The van der Waals surface area contributed by atoms with Crippen LogP contribution in [0.15, 0.2) is 30.3 Å². The molecule has 1 aromatic carbocycles. The molecule has 0 bridgehead atoms. The highest BCUT2D eigenvalue weighted by molar-refractivity contribution is 7.57. The predicted octanol–water partition coefficient (Wildman–Crippen LogP) is 0.867. The van der Waals surface area contributed by atoms with E-state index in [0.717, 1.165) is 6.66 Å². The number of hydrogen-bond donors (Lipinski definition) is 4. The summed E-state index contributed by atoms with van der Waals surface area (Å²) in [4.78, 5) is 31.9. The van der Waals surface area contributed by atoms with Crippen LogP contribution in [0.5, 0.6) is 0 Å². The Bertz CT molecular complexity index is 559. The van der Waals surface area contributed by atoms with E-state index in [0.29, 0.717) is 10.6 Å². The number of carbonyl (C=O) groups is 2. The van der Waals surface area contributed by atoms with Crippen LogP contribution in [-0.4, -0.2) is 51.6 Å². The van der Waals surface area contributed by atoms with E-state index >= 15 is 0 Å². The molecule has 0 aliphatic carbocycles. The van der Waals surface area contributed by atoms with Crippen LogP contribution in [0.2, 0.25) is 0 Å². The molecule has 0 radical (unpaired) electrons. The molecule has 22 heavy (non-hydrogen) atoms. The van der Waals surface area contributed by atoms with Gasteiger partial charge in [-0.05, 0) is 5.56 Å². The molecule has 1 aromatic rings. The maximum atomic E-state index is 11.9. The lowest BCUT2D eigenvalue weighted by Crippen LogP contribution is -2.39. The highest BCUT2D eigenvalue weighted by Gasteiger charge is 2.26. The first-order valence-corrected chi connectivity index (χ1v) is 8.77. The van der Waals surface area contributed by atoms with Crippen LogP contribution in [-0.2, 0) is 14.2 Å². The largest absolute Gasteiger partial charge is 0.481 e. The molecule has 0 fully saturated rings. The fourth-order valence-corrected chi connectivity index (χ4v) is 2.34. The zero-order valence-electron chi connectivity index (χ0n) is 12.0. The molecule has 0 spiro atoms. The minimum Gasteiger partial charge on any atom is -0.481 e. The maximum absolute atomic E-state index is 11.9. The van der Waals surface area contributed by atoms with Gasteiger partial charge in [-0.25, -0.2) is 5.06 Å². The molecule has 1 amide bonds. The maximum Gasteiger partial charge on any atom is 0.305 e. The zero-order valence-corrected chi connectivity index (χ0v) is 12.9. The van der Waals surface area contributed by atoms with Crippen LogP contribution >= 0.6 is 7.37 Å². The van der Waals surface area contributed by atoms with Crippen LogP contribution in [0.25, 0.3) is 0 Å². The number of nitrogens with one attached hydrogen (secondary N) is 1. The Labute approximate surface area is 127 Å². The summed E-state index contributed by atoms with van der Waals surface area (Å²) in [5.41, 5.74) is 0.476. The van der Waals surface area contributed by atoms with Crippen molar-refractivity contribution in [1.29, 1.82) is 0 Å². The number of nitrogens with zero attached hydrogens (tertiary/aromatic N) is 1. The van der Waals surface area contributed by atoms with Crippen molar-refractivity contribution in [3.8, 4) is 0 Å². The van der Waals surface area contributed by atoms with Crippen molar-refractivity contribution in [1.82, 2.24) is 10.4 Å². The van der Waals surface area contributed by atoms with E-state index < -0.39 is 31.7 Å². The first-order chi connectivity index (χ1) is 10.2. The monoisotopic (exact) mass is 330 g/mol. The number of aliphatic carboxylic acids is 1. The summed E-state index contributed by atoms with van der Waals surface area (Å²) >= 11 is 0. The number of hydrogen-bond acceptors (Lipinski definition) is 5. The van der Waals surface area contributed by atoms with Crippen molar-refractivity contribution in [2.75, 3.05) is 19.5 Å². The third-order valence-electron chi connectivity index (χ3n) is 2.78. The van der Waals surface area contributed by atoms with Crippen molar-refractivity contribution in [2.45, 2.75) is 12.5 Å². The Morgan fingerprint density at radius 1 is 1.32 bits per heavy atom. The highest BCUT2D eigenvalue weighted by Crippen LogP contribution is 2.32. The van der Waals surface area contributed by atoms with Crippen LogP contribution in [0.1, 0.15) is 18.0 Å².